The molecule has 2 nitrogen and oxygen atoms in total. The van der Waals surface area contributed by atoms with Crippen molar-refractivity contribution in [1.82, 2.24) is 5.32 Å². The van der Waals surface area contributed by atoms with Gasteiger partial charge in [0.15, 0.2) is 0 Å². The summed E-state index contributed by atoms with van der Waals surface area (Å²) in [5, 5.41) is 3.40. The van der Waals surface area contributed by atoms with E-state index >= 15 is 0 Å². The summed E-state index contributed by atoms with van der Waals surface area (Å²) in [6.45, 7) is 7.12. The molecule has 3 heteroatoms. The van der Waals surface area contributed by atoms with E-state index in [2.05, 4.69) is 17.1 Å². The molecule has 1 N–H and O–H groups in total. The summed E-state index contributed by atoms with van der Waals surface area (Å²) < 4.78 is 13.0. The normalized spacial score (nSPS) is 21.8. The summed E-state index contributed by atoms with van der Waals surface area (Å²) in [5.41, 5.74) is 2.17. The molecule has 2 rings (SSSR count). The maximum Gasteiger partial charge on any atom is 0.123 e. The minimum Gasteiger partial charge on any atom is -0.368 e. The molecule has 15 heavy (non-hydrogen) atoms. The number of nitrogens with one attached hydrogen (secondary N) is 1. The topological polar surface area (TPSA) is 15.3 Å². The number of hydrogen-bond donors (Lipinski definition) is 1. The Bertz CT molecular complexity index is 351. The Morgan fingerprint density at radius 3 is 2.93 bits per heavy atom. The van der Waals surface area contributed by atoms with Crippen LogP contribution in [0.15, 0.2) is 18.2 Å². The SMILES string of the molecule is Cc1cc(F)ccc1N1CCNC(C)C1. The first-order valence-corrected chi connectivity index (χ1v) is 5.41. The number of piperazine rings is 1. The Balaban J connectivity index is 2.21. The van der Waals surface area contributed by atoms with Crippen molar-refractivity contribution in [3.63, 3.8) is 0 Å². The summed E-state index contributed by atoms with van der Waals surface area (Å²) in [6.07, 6.45) is 0. The van der Waals surface area contributed by atoms with Gasteiger partial charge in [-0.3, -0.25) is 0 Å². The van der Waals surface area contributed by atoms with Gasteiger partial charge in [-0.25, -0.2) is 4.39 Å². The van der Waals surface area contributed by atoms with E-state index in [1.165, 1.54) is 6.07 Å². The van der Waals surface area contributed by atoms with E-state index in [1.807, 2.05) is 13.0 Å². The predicted octanol–water partition coefficient (Wildman–Crippen LogP) is 1.93. The Morgan fingerprint density at radius 2 is 2.27 bits per heavy atom. The number of nitrogens with zero attached hydrogens (tertiary/aromatic N) is 1. The second-order valence-electron chi connectivity index (χ2n) is 4.23. The molecule has 1 aromatic rings. The minimum atomic E-state index is -0.153. The van der Waals surface area contributed by atoms with Crippen LogP contribution in [-0.2, 0) is 0 Å². The maximum absolute atomic E-state index is 13.0. The number of anilines is 1. The van der Waals surface area contributed by atoms with Crippen molar-refractivity contribution in [2.75, 3.05) is 24.5 Å². The molecule has 1 aliphatic heterocycles. The van der Waals surface area contributed by atoms with Gasteiger partial charge >= 0.3 is 0 Å². The van der Waals surface area contributed by atoms with E-state index in [4.69, 9.17) is 0 Å². The Hall–Kier alpha value is -1.09. The molecule has 1 atom stereocenters. The molecular formula is C12H17FN2. The van der Waals surface area contributed by atoms with Gasteiger partial charge in [-0.1, -0.05) is 0 Å². The summed E-state index contributed by atoms with van der Waals surface area (Å²) in [6, 6.07) is 5.52. The third kappa shape index (κ3) is 2.29. The van der Waals surface area contributed by atoms with Gasteiger partial charge in [-0.05, 0) is 37.6 Å². The fourth-order valence-electron chi connectivity index (χ4n) is 2.12. The van der Waals surface area contributed by atoms with Gasteiger partial charge in [-0.15, -0.1) is 0 Å². The molecule has 1 saturated heterocycles. The second kappa shape index (κ2) is 4.19. The number of benzene rings is 1. The van der Waals surface area contributed by atoms with Gasteiger partial charge in [0.1, 0.15) is 5.82 Å². The third-order valence-corrected chi connectivity index (χ3v) is 2.87. The van der Waals surface area contributed by atoms with Crippen molar-refractivity contribution in [2.45, 2.75) is 19.9 Å². The van der Waals surface area contributed by atoms with Gasteiger partial charge in [0.25, 0.3) is 0 Å². The van der Waals surface area contributed by atoms with E-state index in [0.717, 1.165) is 30.9 Å². The number of rotatable bonds is 1. The smallest absolute Gasteiger partial charge is 0.123 e. The van der Waals surface area contributed by atoms with Crippen LogP contribution >= 0.6 is 0 Å². The van der Waals surface area contributed by atoms with Crippen molar-refractivity contribution in [3.05, 3.63) is 29.6 Å². The van der Waals surface area contributed by atoms with Crippen LogP contribution in [0.1, 0.15) is 12.5 Å². The van der Waals surface area contributed by atoms with Crippen LogP contribution in [0, 0.1) is 12.7 Å². The monoisotopic (exact) mass is 208 g/mol. The standard InChI is InChI=1S/C12H17FN2/c1-9-7-11(13)3-4-12(9)15-6-5-14-10(2)8-15/h3-4,7,10,14H,5-6,8H2,1-2H3. The summed E-state index contributed by atoms with van der Waals surface area (Å²) in [7, 11) is 0. The molecule has 1 heterocycles. The lowest BCUT2D eigenvalue weighted by atomic mass is 10.1. The van der Waals surface area contributed by atoms with Crippen LogP contribution in [0.25, 0.3) is 0 Å². The number of halogens is 1. The molecule has 0 saturated carbocycles. The van der Waals surface area contributed by atoms with Crippen LogP contribution in [0.3, 0.4) is 0 Å². The van der Waals surface area contributed by atoms with E-state index in [1.54, 1.807) is 6.07 Å². The third-order valence-electron chi connectivity index (χ3n) is 2.87. The van der Waals surface area contributed by atoms with Crippen LogP contribution < -0.4 is 10.2 Å². The zero-order valence-corrected chi connectivity index (χ0v) is 9.26. The lowest BCUT2D eigenvalue weighted by Gasteiger charge is -2.34. The predicted molar refractivity (Wildman–Crippen MR) is 60.8 cm³/mol. The van der Waals surface area contributed by atoms with Crippen molar-refractivity contribution in [2.24, 2.45) is 0 Å². The molecule has 1 unspecified atom stereocenters. The first-order chi connectivity index (χ1) is 7.16. The Morgan fingerprint density at radius 1 is 1.47 bits per heavy atom. The number of aryl methyl sites for hydroxylation is 1. The van der Waals surface area contributed by atoms with Crippen molar-refractivity contribution in [1.29, 1.82) is 0 Å². The van der Waals surface area contributed by atoms with Crippen LogP contribution in [0.4, 0.5) is 10.1 Å². The zero-order valence-electron chi connectivity index (χ0n) is 9.26. The highest BCUT2D eigenvalue weighted by Gasteiger charge is 2.17. The lowest BCUT2D eigenvalue weighted by molar-refractivity contribution is 0.484. The molecule has 1 aliphatic rings. The Kier molecular flexibility index (Phi) is 2.91. The molecule has 1 aromatic carbocycles. The average molecular weight is 208 g/mol. The van der Waals surface area contributed by atoms with Gasteiger partial charge < -0.3 is 10.2 Å². The first-order valence-electron chi connectivity index (χ1n) is 5.41. The maximum atomic E-state index is 13.0. The molecule has 0 bridgehead atoms. The molecule has 82 valence electrons. The highest BCUT2D eigenvalue weighted by Crippen LogP contribution is 2.21. The van der Waals surface area contributed by atoms with E-state index in [-0.39, 0.29) is 5.82 Å². The van der Waals surface area contributed by atoms with Gasteiger partial charge in [-0.2, -0.15) is 0 Å². The fourth-order valence-corrected chi connectivity index (χ4v) is 2.12. The van der Waals surface area contributed by atoms with Gasteiger partial charge in [0, 0.05) is 31.4 Å². The van der Waals surface area contributed by atoms with Crippen LogP contribution in [0.5, 0.6) is 0 Å². The zero-order chi connectivity index (χ0) is 10.8. The molecule has 0 radical (unpaired) electrons. The van der Waals surface area contributed by atoms with Crippen LogP contribution in [-0.4, -0.2) is 25.7 Å². The average Bonchev–Trinajstić information content (AvgIpc) is 2.17. The molecule has 0 aliphatic carbocycles. The Labute approximate surface area is 90.1 Å². The van der Waals surface area contributed by atoms with Crippen molar-refractivity contribution < 1.29 is 4.39 Å². The first kappa shape index (κ1) is 10.4. The highest BCUT2D eigenvalue weighted by atomic mass is 19.1. The summed E-state index contributed by atoms with van der Waals surface area (Å²) >= 11 is 0. The molecular weight excluding hydrogens is 191 g/mol. The van der Waals surface area contributed by atoms with E-state index in [0.29, 0.717) is 6.04 Å². The van der Waals surface area contributed by atoms with Gasteiger partial charge in [0.2, 0.25) is 0 Å². The molecule has 0 amide bonds. The molecule has 1 fully saturated rings. The van der Waals surface area contributed by atoms with Gasteiger partial charge in [0.05, 0.1) is 0 Å². The summed E-state index contributed by atoms with van der Waals surface area (Å²) in [5.74, 6) is -0.153. The highest BCUT2D eigenvalue weighted by molar-refractivity contribution is 5.53. The summed E-state index contributed by atoms with van der Waals surface area (Å²) in [4.78, 5) is 2.32. The largest absolute Gasteiger partial charge is 0.368 e. The lowest BCUT2D eigenvalue weighted by Crippen LogP contribution is -2.49. The second-order valence-corrected chi connectivity index (χ2v) is 4.23. The fraction of sp³-hybridized carbons (Fsp3) is 0.500. The molecule has 0 spiro atoms. The minimum absolute atomic E-state index is 0.153. The quantitative estimate of drug-likeness (QED) is 0.758. The van der Waals surface area contributed by atoms with Crippen molar-refractivity contribution >= 4 is 5.69 Å². The van der Waals surface area contributed by atoms with E-state index in [9.17, 15) is 4.39 Å². The molecule has 0 aromatic heterocycles. The van der Waals surface area contributed by atoms with Crippen molar-refractivity contribution in [3.8, 4) is 0 Å². The number of hydrogen-bond acceptors (Lipinski definition) is 2. The van der Waals surface area contributed by atoms with Crippen LogP contribution in [0.2, 0.25) is 0 Å². The van der Waals surface area contributed by atoms with E-state index < -0.39 is 0 Å².